The quantitative estimate of drug-likeness (QED) is 0.524. The molecule has 14 heteroatoms. The van der Waals surface area contributed by atoms with Crippen LogP contribution in [-0.4, -0.2) is 62.2 Å². The van der Waals surface area contributed by atoms with Crippen molar-refractivity contribution in [2.24, 2.45) is 0 Å². The monoisotopic (exact) mass is 510 g/mol. The summed E-state index contributed by atoms with van der Waals surface area (Å²) in [6.07, 6.45) is 2.82. The van der Waals surface area contributed by atoms with E-state index >= 15 is 0 Å². The maximum Gasteiger partial charge on any atom is 0.243 e. The second kappa shape index (κ2) is 8.86. The number of carbonyl (C=O) groups is 1. The number of carbonyl (C=O) groups excluding carboxylic acids is 1. The number of sulfone groups is 1. The summed E-state index contributed by atoms with van der Waals surface area (Å²) in [6.45, 7) is 0. The van der Waals surface area contributed by atoms with Gasteiger partial charge in [-0.2, -0.15) is 10.4 Å². The molecule has 2 aliphatic rings. The zero-order valence-electron chi connectivity index (χ0n) is 17.0. The number of hydrogen-bond donors (Lipinski definition) is 2. The van der Waals surface area contributed by atoms with Crippen LogP contribution in [0.4, 0.5) is 11.6 Å². The number of hydrogen-bond acceptors (Lipinski definition) is 9. The third-order valence-electron chi connectivity index (χ3n) is 5.42. The number of aliphatic hydroxyl groups excluding tert-OH is 1. The lowest BCUT2D eigenvalue weighted by atomic mass is 9.90. The van der Waals surface area contributed by atoms with Crippen LogP contribution in [0.1, 0.15) is 24.6 Å². The smallest absolute Gasteiger partial charge is 0.243 e. The predicted octanol–water partition coefficient (Wildman–Crippen LogP) is 0.477. The Morgan fingerprint density at radius 2 is 2.15 bits per heavy atom. The van der Waals surface area contributed by atoms with Gasteiger partial charge in [0.05, 0.1) is 39.6 Å². The molecule has 0 saturated heterocycles. The molecule has 2 atom stereocenters. The fourth-order valence-electron chi connectivity index (χ4n) is 3.71. The van der Waals surface area contributed by atoms with Gasteiger partial charge in [0.15, 0.2) is 15.7 Å². The lowest BCUT2D eigenvalue weighted by Gasteiger charge is -2.32. The van der Waals surface area contributed by atoms with Crippen LogP contribution in [-0.2, 0) is 25.4 Å². The number of aromatic nitrogens is 3. The van der Waals surface area contributed by atoms with E-state index in [0.29, 0.717) is 12.8 Å². The highest BCUT2D eigenvalue weighted by Gasteiger charge is 2.39. The van der Waals surface area contributed by atoms with Crippen LogP contribution in [0, 0.1) is 11.3 Å². The molecule has 2 aromatic rings. The van der Waals surface area contributed by atoms with Crippen molar-refractivity contribution in [3.05, 3.63) is 35.5 Å². The van der Waals surface area contributed by atoms with Gasteiger partial charge in [-0.3, -0.25) is 9.69 Å². The third-order valence-corrected chi connectivity index (χ3v) is 8.46. The highest BCUT2D eigenvalue weighted by atomic mass is 35.5. The van der Waals surface area contributed by atoms with Crippen molar-refractivity contribution >= 4 is 49.8 Å². The first kappa shape index (κ1) is 23.4. The summed E-state index contributed by atoms with van der Waals surface area (Å²) in [6, 6.07) is 3.52. The molecule has 0 spiro atoms. The molecule has 1 aliphatic carbocycles. The van der Waals surface area contributed by atoms with E-state index in [1.807, 2.05) is 6.07 Å². The summed E-state index contributed by atoms with van der Waals surface area (Å²) in [5, 5.41) is 24.1. The van der Waals surface area contributed by atoms with E-state index in [9.17, 15) is 22.5 Å². The number of anilines is 2. The molecular weight excluding hydrogens is 492 g/mol. The summed E-state index contributed by atoms with van der Waals surface area (Å²) >= 11 is 5.82. The van der Waals surface area contributed by atoms with E-state index in [-0.39, 0.29) is 38.9 Å². The van der Waals surface area contributed by atoms with Crippen molar-refractivity contribution < 1.29 is 22.5 Å². The number of aliphatic hydroxyl groups is 1. The Hall–Kier alpha value is -2.79. The third kappa shape index (κ3) is 4.39. The van der Waals surface area contributed by atoms with E-state index < -0.39 is 44.6 Å². The van der Waals surface area contributed by atoms with Gasteiger partial charge in [0.25, 0.3) is 0 Å². The van der Waals surface area contributed by atoms with Crippen molar-refractivity contribution in [3.63, 3.8) is 0 Å². The molecule has 0 aromatic carbocycles. The number of pyridine rings is 1. The second-order valence-corrected chi connectivity index (χ2v) is 11.3. The maximum atomic E-state index is 13.6. The number of halogens is 1. The van der Waals surface area contributed by atoms with E-state index in [0.717, 1.165) is 10.3 Å². The lowest BCUT2D eigenvalue weighted by molar-refractivity contribution is -0.116. The fourth-order valence-corrected chi connectivity index (χ4v) is 6.27. The van der Waals surface area contributed by atoms with Crippen molar-refractivity contribution in [2.45, 2.75) is 40.8 Å². The number of nitrogens with two attached hydrogens (primary N) is 1. The maximum absolute atomic E-state index is 13.6. The summed E-state index contributed by atoms with van der Waals surface area (Å²) in [5.74, 6) is -1.55. The Kier molecular flexibility index (Phi) is 6.28. The summed E-state index contributed by atoms with van der Waals surface area (Å²) in [5.41, 5.74) is 6.46. The minimum absolute atomic E-state index is 0.000868. The fraction of sp³-hybridized carbons (Fsp3) is 0.368. The Bertz CT molecular complexity index is 1300. The van der Waals surface area contributed by atoms with Gasteiger partial charge in [-0.05, 0) is 31.1 Å². The highest BCUT2D eigenvalue weighted by Crippen LogP contribution is 2.40. The normalized spacial score (nSPS) is 24.1. The van der Waals surface area contributed by atoms with Gasteiger partial charge >= 0.3 is 0 Å². The number of amides is 1. The molecule has 2 aromatic heterocycles. The number of nitrogen functional groups attached to an aromatic ring is 1. The van der Waals surface area contributed by atoms with Gasteiger partial charge in [-0.15, -0.1) is 11.6 Å². The minimum atomic E-state index is -3.54. The van der Waals surface area contributed by atoms with Gasteiger partial charge in [0.1, 0.15) is 28.4 Å². The molecule has 11 nitrogen and oxygen atoms in total. The number of nitrogens with zero attached hydrogens (tertiary/aromatic N) is 5. The second-order valence-electron chi connectivity index (χ2n) is 7.64. The van der Waals surface area contributed by atoms with Crippen LogP contribution in [0.5, 0.6) is 0 Å². The summed E-state index contributed by atoms with van der Waals surface area (Å²) in [7, 11) is -5.51. The standard InChI is InChI=1S/C19H19ClN6O5S2/c20-7-16(28)25(12-3-4-33(30,31)10-12)19-17(18(22)26(24-19)13-5-14(27)6-13)32(29)15-2-1-11(8-21)23-9-15/h1-4,9,12-14,27H,5-7,10,22H2. The average molecular weight is 511 g/mol. The first-order valence-electron chi connectivity index (χ1n) is 9.78. The van der Waals surface area contributed by atoms with Gasteiger partial charge in [0, 0.05) is 11.6 Å². The van der Waals surface area contributed by atoms with E-state index in [2.05, 4.69) is 10.1 Å². The molecule has 3 heterocycles. The molecule has 2 unspecified atom stereocenters. The van der Waals surface area contributed by atoms with Crippen LogP contribution < -0.4 is 10.6 Å². The molecule has 1 fully saturated rings. The molecule has 1 aliphatic heterocycles. The van der Waals surface area contributed by atoms with Gasteiger partial charge in [-0.25, -0.2) is 22.3 Å². The molecule has 174 valence electrons. The van der Waals surface area contributed by atoms with Crippen LogP contribution in [0.25, 0.3) is 0 Å². The Labute approximate surface area is 196 Å². The largest absolute Gasteiger partial charge is 0.393 e. The molecule has 1 saturated carbocycles. The molecule has 3 N–H and O–H groups in total. The Balaban J connectivity index is 1.85. The number of alkyl halides is 1. The summed E-state index contributed by atoms with van der Waals surface area (Å²) in [4.78, 5) is 18.1. The Morgan fingerprint density at radius 3 is 2.67 bits per heavy atom. The minimum Gasteiger partial charge on any atom is -0.393 e. The number of rotatable bonds is 6. The SMILES string of the molecule is N#Cc1ccc(S(=O)c2c(N(C(=O)CCl)C3C=CS(=O)(=O)C3)nn(C3CC(O)C3)c2N)cn1. The zero-order chi connectivity index (χ0) is 23.9. The van der Waals surface area contributed by atoms with Crippen LogP contribution >= 0.6 is 11.6 Å². The predicted molar refractivity (Wildman–Crippen MR) is 119 cm³/mol. The van der Waals surface area contributed by atoms with Crippen molar-refractivity contribution in [2.75, 3.05) is 22.3 Å². The highest BCUT2D eigenvalue weighted by molar-refractivity contribution is 7.94. The first-order valence-corrected chi connectivity index (χ1v) is 13.2. The molecular formula is C19H19ClN6O5S2. The molecule has 0 bridgehead atoms. The molecule has 4 rings (SSSR count). The van der Waals surface area contributed by atoms with Gasteiger partial charge < -0.3 is 10.8 Å². The molecule has 0 radical (unpaired) electrons. The van der Waals surface area contributed by atoms with Crippen LogP contribution in [0.2, 0.25) is 0 Å². The molecule has 33 heavy (non-hydrogen) atoms. The average Bonchev–Trinajstić information content (AvgIpc) is 3.30. The Morgan fingerprint density at radius 1 is 1.42 bits per heavy atom. The van der Waals surface area contributed by atoms with Crippen LogP contribution in [0.15, 0.2) is 39.6 Å². The van der Waals surface area contributed by atoms with Gasteiger partial charge in [0.2, 0.25) is 5.91 Å². The van der Waals surface area contributed by atoms with E-state index in [1.54, 1.807) is 0 Å². The van der Waals surface area contributed by atoms with Crippen molar-refractivity contribution in [1.82, 2.24) is 14.8 Å². The topological polar surface area (TPSA) is 172 Å². The van der Waals surface area contributed by atoms with E-state index in [1.165, 1.54) is 29.1 Å². The zero-order valence-corrected chi connectivity index (χ0v) is 19.4. The van der Waals surface area contributed by atoms with Crippen LogP contribution in [0.3, 0.4) is 0 Å². The van der Waals surface area contributed by atoms with Gasteiger partial charge in [-0.1, -0.05) is 0 Å². The van der Waals surface area contributed by atoms with Crippen molar-refractivity contribution in [1.29, 1.82) is 5.26 Å². The summed E-state index contributed by atoms with van der Waals surface area (Å²) < 4.78 is 39.0. The lowest BCUT2D eigenvalue weighted by Crippen LogP contribution is -2.43. The van der Waals surface area contributed by atoms with Crippen molar-refractivity contribution in [3.8, 4) is 6.07 Å². The molecule has 1 amide bonds. The first-order chi connectivity index (χ1) is 15.6. The van der Waals surface area contributed by atoms with E-state index in [4.69, 9.17) is 22.6 Å². The number of nitriles is 1.